The Labute approximate surface area is 123 Å². The molecule has 0 spiro atoms. The first-order valence-corrected chi connectivity index (χ1v) is 6.79. The quantitative estimate of drug-likeness (QED) is 0.798. The number of hydrogen-bond acceptors (Lipinski definition) is 5. The third kappa shape index (κ3) is 3.09. The lowest BCUT2D eigenvalue weighted by Crippen LogP contribution is -2.43. The van der Waals surface area contributed by atoms with E-state index in [2.05, 4.69) is 0 Å². The minimum Gasteiger partial charge on any atom is -0.550 e. The van der Waals surface area contributed by atoms with Gasteiger partial charge in [-0.3, -0.25) is 4.79 Å². The summed E-state index contributed by atoms with van der Waals surface area (Å²) in [5.41, 5.74) is 0.370. The predicted molar refractivity (Wildman–Crippen MR) is 73.2 cm³/mol. The zero-order valence-corrected chi connectivity index (χ0v) is 12.1. The van der Waals surface area contributed by atoms with Gasteiger partial charge in [0, 0.05) is 25.0 Å². The van der Waals surface area contributed by atoms with Crippen LogP contribution in [0, 0.1) is 5.92 Å². The molecule has 1 fully saturated rings. The number of carboxylic acid groups (broad SMARTS) is 1. The molecule has 1 amide bonds. The summed E-state index contributed by atoms with van der Waals surface area (Å²) in [5, 5.41) is 10.8. The van der Waals surface area contributed by atoms with Gasteiger partial charge in [-0.1, -0.05) is 6.07 Å². The number of likely N-dealkylation sites (tertiary alicyclic amines) is 1. The fraction of sp³-hybridized carbons (Fsp3) is 0.467. The second kappa shape index (κ2) is 6.47. The van der Waals surface area contributed by atoms with Crippen molar-refractivity contribution in [1.29, 1.82) is 0 Å². The van der Waals surface area contributed by atoms with E-state index in [4.69, 9.17) is 9.47 Å². The van der Waals surface area contributed by atoms with Gasteiger partial charge in [-0.25, -0.2) is 0 Å². The molecule has 0 aromatic heterocycles. The van der Waals surface area contributed by atoms with Gasteiger partial charge in [0.05, 0.1) is 14.2 Å². The van der Waals surface area contributed by atoms with Crippen LogP contribution in [0.25, 0.3) is 0 Å². The fourth-order valence-electron chi connectivity index (χ4n) is 2.54. The van der Waals surface area contributed by atoms with Crippen LogP contribution in [0.15, 0.2) is 18.2 Å². The van der Waals surface area contributed by atoms with Gasteiger partial charge in [0.25, 0.3) is 5.91 Å². The molecule has 0 unspecified atom stereocenters. The molecule has 6 heteroatoms. The van der Waals surface area contributed by atoms with Crippen LogP contribution in [0.1, 0.15) is 23.2 Å². The van der Waals surface area contributed by atoms with Crippen LogP contribution < -0.4 is 14.6 Å². The van der Waals surface area contributed by atoms with Crippen LogP contribution in [0.3, 0.4) is 0 Å². The first kappa shape index (κ1) is 15.2. The third-order valence-corrected chi connectivity index (χ3v) is 3.76. The van der Waals surface area contributed by atoms with Gasteiger partial charge in [0.1, 0.15) is 17.1 Å². The van der Waals surface area contributed by atoms with E-state index in [9.17, 15) is 14.7 Å². The van der Waals surface area contributed by atoms with Crippen molar-refractivity contribution < 1.29 is 24.2 Å². The number of hydrogen-bond donors (Lipinski definition) is 0. The minimum absolute atomic E-state index is 0.207. The molecule has 2 rings (SSSR count). The number of carbonyl (C=O) groups is 2. The lowest BCUT2D eigenvalue weighted by Gasteiger charge is -2.32. The Bertz CT molecular complexity index is 513. The number of aliphatic carboxylic acids is 1. The normalized spacial score (nSPS) is 15.6. The van der Waals surface area contributed by atoms with Crippen LogP contribution in [-0.2, 0) is 4.79 Å². The van der Waals surface area contributed by atoms with Crippen molar-refractivity contribution in [3.8, 4) is 11.5 Å². The second-order valence-corrected chi connectivity index (χ2v) is 4.92. The maximum absolute atomic E-state index is 12.6. The topological polar surface area (TPSA) is 78.9 Å². The summed E-state index contributed by atoms with van der Waals surface area (Å²) in [6, 6.07) is 5.14. The van der Waals surface area contributed by atoms with Gasteiger partial charge in [0.15, 0.2) is 0 Å². The van der Waals surface area contributed by atoms with Crippen LogP contribution in [0.2, 0.25) is 0 Å². The Hall–Kier alpha value is -2.24. The van der Waals surface area contributed by atoms with Crippen molar-refractivity contribution in [3.05, 3.63) is 23.8 Å². The summed E-state index contributed by atoms with van der Waals surface area (Å²) >= 11 is 0. The van der Waals surface area contributed by atoms with E-state index in [0.29, 0.717) is 43.0 Å². The Morgan fingerprint density at radius 3 is 2.10 bits per heavy atom. The van der Waals surface area contributed by atoms with Gasteiger partial charge in [0.2, 0.25) is 0 Å². The van der Waals surface area contributed by atoms with Gasteiger partial charge in [-0.15, -0.1) is 0 Å². The Morgan fingerprint density at radius 2 is 1.67 bits per heavy atom. The summed E-state index contributed by atoms with van der Waals surface area (Å²) in [5.74, 6) is -0.838. The summed E-state index contributed by atoms with van der Waals surface area (Å²) in [6.07, 6.45) is 0.817. The average Bonchev–Trinajstić information content (AvgIpc) is 2.53. The largest absolute Gasteiger partial charge is 0.550 e. The first-order chi connectivity index (χ1) is 10.1. The van der Waals surface area contributed by atoms with Crippen molar-refractivity contribution in [2.45, 2.75) is 12.8 Å². The highest BCUT2D eigenvalue weighted by Gasteiger charge is 2.28. The van der Waals surface area contributed by atoms with E-state index >= 15 is 0 Å². The third-order valence-electron chi connectivity index (χ3n) is 3.76. The van der Waals surface area contributed by atoms with Gasteiger partial charge in [-0.2, -0.15) is 0 Å². The molecule has 0 bridgehead atoms. The predicted octanol–water partition coefficient (Wildman–Crippen LogP) is 0.306. The van der Waals surface area contributed by atoms with Crippen LogP contribution in [0.5, 0.6) is 11.5 Å². The molecule has 114 valence electrons. The minimum atomic E-state index is -1.04. The molecule has 1 aromatic carbocycles. The highest BCUT2D eigenvalue weighted by Crippen LogP contribution is 2.30. The Morgan fingerprint density at radius 1 is 1.14 bits per heavy atom. The second-order valence-electron chi connectivity index (χ2n) is 4.92. The van der Waals surface area contributed by atoms with Gasteiger partial charge in [-0.05, 0) is 25.0 Å². The molecule has 1 heterocycles. The number of methoxy groups -OCH3 is 2. The SMILES string of the molecule is COc1cccc(OC)c1C(=O)N1CCC(C(=O)[O-])CC1. The molecule has 1 aromatic rings. The lowest BCUT2D eigenvalue weighted by atomic mass is 9.96. The van der Waals surface area contributed by atoms with Crippen LogP contribution in [-0.4, -0.2) is 44.1 Å². The highest BCUT2D eigenvalue weighted by atomic mass is 16.5. The Kier molecular flexibility index (Phi) is 4.67. The molecule has 1 saturated heterocycles. The number of benzene rings is 1. The monoisotopic (exact) mass is 292 g/mol. The van der Waals surface area contributed by atoms with E-state index in [1.807, 2.05) is 0 Å². The number of rotatable bonds is 4. The molecule has 6 nitrogen and oxygen atoms in total. The fourth-order valence-corrected chi connectivity index (χ4v) is 2.54. The maximum atomic E-state index is 12.6. The number of carbonyl (C=O) groups excluding carboxylic acids is 2. The van der Waals surface area contributed by atoms with Crippen LogP contribution >= 0.6 is 0 Å². The van der Waals surface area contributed by atoms with Gasteiger partial charge < -0.3 is 24.3 Å². The Balaban J connectivity index is 2.19. The lowest BCUT2D eigenvalue weighted by molar-refractivity contribution is -0.312. The van der Waals surface area contributed by atoms with E-state index in [1.165, 1.54) is 14.2 Å². The maximum Gasteiger partial charge on any atom is 0.261 e. The summed E-state index contributed by atoms with van der Waals surface area (Å²) < 4.78 is 10.5. The zero-order valence-electron chi connectivity index (χ0n) is 12.1. The van der Waals surface area contributed by atoms with Crippen molar-refractivity contribution in [1.82, 2.24) is 4.90 Å². The number of piperidine rings is 1. The molecule has 1 aliphatic rings. The molecular formula is C15H18NO5-. The van der Waals surface area contributed by atoms with E-state index in [0.717, 1.165) is 0 Å². The number of nitrogens with zero attached hydrogens (tertiary/aromatic N) is 1. The van der Waals surface area contributed by atoms with Crippen molar-refractivity contribution in [3.63, 3.8) is 0 Å². The highest BCUT2D eigenvalue weighted by molar-refractivity contribution is 5.99. The first-order valence-electron chi connectivity index (χ1n) is 6.79. The smallest absolute Gasteiger partial charge is 0.261 e. The number of ether oxygens (including phenoxy) is 2. The van der Waals surface area contributed by atoms with Crippen LogP contribution in [0.4, 0.5) is 0 Å². The average molecular weight is 292 g/mol. The van der Waals surface area contributed by atoms with Crippen molar-refractivity contribution in [2.75, 3.05) is 27.3 Å². The standard InChI is InChI=1S/C15H19NO5/c1-20-11-4-3-5-12(21-2)13(11)14(17)16-8-6-10(7-9-16)15(18)19/h3-5,10H,6-9H2,1-2H3,(H,18,19)/p-1. The van der Waals surface area contributed by atoms with E-state index < -0.39 is 11.9 Å². The molecular weight excluding hydrogens is 274 g/mol. The van der Waals surface area contributed by atoms with Crippen molar-refractivity contribution >= 4 is 11.9 Å². The van der Waals surface area contributed by atoms with Gasteiger partial charge >= 0.3 is 0 Å². The van der Waals surface area contributed by atoms with E-state index in [1.54, 1.807) is 23.1 Å². The molecule has 0 radical (unpaired) electrons. The summed E-state index contributed by atoms with van der Waals surface area (Å²) in [4.78, 5) is 25.1. The summed E-state index contributed by atoms with van der Waals surface area (Å²) in [7, 11) is 2.99. The number of amides is 1. The van der Waals surface area contributed by atoms with E-state index in [-0.39, 0.29) is 5.91 Å². The molecule has 1 aliphatic heterocycles. The number of carboxylic acids is 1. The molecule has 0 N–H and O–H groups in total. The molecule has 21 heavy (non-hydrogen) atoms. The zero-order chi connectivity index (χ0) is 15.4. The molecule has 0 aliphatic carbocycles. The van der Waals surface area contributed by atoms with Crippen molar-refractivity contribution in [2.24, 2.45) is 5.92 Å². The molecule has 0 atom stereocenters. The molecule has 0 saturated carbocycles. The summed E-state index contributed by atoms with van der Waals surface area (Å²) in [6.45, 7) is 0.775.